The molecule has 0 heterocycles. The van der Waals surface area contributed by atoms with Crippen molar-refractivity contribution in [2.75, 3.05) is 40.0 Å². The number of carboxylic acids is 1. The van der Waals surface area contributed by atoms with Gasteiger partial charge in [0.05, 0.1) is 13.2 Å². The molecule has 1 aliphatic carbocycles. The predicted octanol–water partition coefficient (Wildman–Crippen LogP) is 2.72. The highest BCUT2D eigenvalue weighted by Crippen LogP contribution is 2.44. The predicted molar refractivity (Wildman–Crippen MR) is 114 cm³/mol. The Labute approximate surface area is 189 Å². The standard InChI is InChI=1S/C23H24F2N2O6/c1-32-11-10-27(12-20(28)29)21(30)23(24,25)14-26-22(31)33-13-19-17-8-4-2-6-15(17)16-7-3-5-9-18(16)19/h2-9,19H,10-14H2,1H3,(H,26,31)(H,28,29). The number of ether oxygens (including phenoxy) is 2. The summed E-state index contributed by atoms with van der Waals surface area (Å²) >= 11 is 0. The first-order valence-corrected chi connectivity index (χ1v) is 10.2. The molecule has 3 rings (SSSR count). The van der Waals surface area contributed by atoms with Gasteiger partial charge < -0.3 is 24.8 Å². The number of carboxylic acid groups (broad SMARTS) is 1. The van der Waals surface area contributed by atoms with Crippen LogP contribution in [0, 0.1) is 0 Å². The summed E-state index contributed by atoms with van der Waals surface area (Å²) in [4.78, 5) is 35.6. The van der Waals surface area contributed by atoms with Gasteiger partial charge in [-0.15, -0.1) is 0 Å². The van der Waals surface area contributed by atoms with Crippen LogP contribution in [0.2, 0.25) is 0 Å². The number of carbonyl (C=O) groups excluding carboxylic acids is 2. The molecule has 0 aliphatic heterocycles. The third-order valence-corrected chi connectivity index (χ3v) is 5.29. The molecule has 176 valence electrons. The zero-order chi connectivity index (χ0) is 24.0. The second-order valence-corrected chi connectivity index (χ2v) is 7.50. The van der Waals surface area contributed by atoms with Crippen LogP contribution in [0.5, 0.6) is 0 Å². The smallest absolute Gasteiger partial charge is 0.407 e. The zero-order valence-electron chi connectivity index (χ0n) is 17.9. The molecule has 2 amide bonds. The van der Waals surface area contributed by atoms with Crippen LogP contribution in [-0.4, -0.2) is 73.9 Å². The first kappa shape index (κ1) is 24.1. The van der Waals surface area contributed by atoms with E-state index in [0.717, 1.165) is 22.3 Å². The van der Waals surface area contributed by atoms with Crippen molar-refractivity contribution in [3.8, 4) is 11.1 Å². The number of fused-ring (bicyclic) bond motifs is 3. The lowest BCUT2D eigenvalue weighted by Gasteiger charge is -2.25. The summed E-state index contributed by atoms with van der Waals surface area (Å²) in [6.45, 7) is -2.76. The van der Waals surface area contributed by atoms with Crippen LogP contribution in [0.3, 0.4) is 0 Å². The number of alkyl carbamates (subject to hydrolysis) is 1. The van der Waals surface area contributed by atoms with E-state index in [-0.39, 0.29) is 25.7 Å². The average molecular weight is 462 g/mol. The largest absolute Gasteiger partial charge is 0.480 e. The van der Waals surface area contributed by atoms with Gasteiger partial charge in [-0.25, -0.2) is 4.79 Å². The summed E-state index contributed by atoms with van der Waals surface area (Å²) in [6, 6.07) is 15.3. The molecular formula is C23H24F2N2O6. The molecule has 33 heavy (non-hydrogen) atoms. The number of nitrogens with zero attached hydrogens (tertiary/aromatic N) is 1. The van der Waals surface area contributed by atoms with Crippen LogP contribution in [0.4, 0.5) is 13.6 Å². The number of hydrogen-bond acceptors (Lipinski definition) is 5. The number of hydrogen-bond donors (Lipinski definition) is 2. The Morgan fingerprint density at radius 2 is 1.64 bits per heavy atom. The molecule has 0 saturated carbocycles. The van der Waals surface area contributed by atoms with E-state index in [1.807, 2.05) is 53.8 Å². The number of aliphatic carboxylic acids is 1. The van der Waals surface area contributed by atoms with E-state index in [2.05, 4.69) is 0 Å². The first-order chi connectivity index (χ1) is 15.7. The molecule has 1 aliphatic rings. The third kappa shape index (κ3) is 5.64. The molecule has 8 nitrogen and oxygen atoms in total. The fraction of sp³-hybridized carbons (Fsp3) is 0.348. The molecule has 0 atom stereocenters. The van der Waals surface area contributed by atoms with Gasteiger partial charge in [0.15, 0.2) is 0 Å². The van der Waals surface area contributed by atoms with Gasteiger partial charge in [0.1, 0.15) is 13.2 Å². The Hall–Kier alpha value is -3.53. The lowest BCUT2D eigenvalue weighted by Crippen LogP contribution is -2.52. The maximum atomic E-state index is 14.3. The summed E-state index contributed by atoms with van der Waals surface area (Å²) in [6.07, 6.45) is -1.11. The van der Waals surface area contributed by atoms with E-state index in [4.69, 9.17) is 14.6 Å². The Bertz CT molecular complexity index is 984. The van der Waals surface area contributed by atoms with Gasteiger partial charge in [0.2, 0.25) is 0 Å². The molecule has 10 heteroatoms. The summed E-state index contributed by atoms with van der Waals surface area (Å²) < 4.78 is 38.6. The maximum absolute atomic E-state index is 14.3. The topological polar surface area (TPSA) is 105 Å². The number of alkyl halides is 2. The van der Waals surface area contributed by atoms with E-state index < -0.39 is 37.0 Å². The van der Waals surface area contributed by atoms with Crippen molar-refractivity contribution >= 4 is 18.0 Å². The minimum absolute atomic E-state index is 0.0711. The second kappa shape index (κ2) is 10.4. The fourth-order valence-corrected chi connectivity index (χ4v) is 3.76. The number of benzene rings is 2. The van der Waals surface area contributed by atoms with E-state index in [9.17, 15) is 23.2 Å². The monoisotopic (exact) mass is 462 g/mol. The van der Waals surface area contributed by atoms with Gasteiger partial charge in [-0.2, -0.15) is 8.78 Å². The number of halogens is 2. The van der Waals surface area contributed by atoms with Crippen molar-refractivity contribution in [1.29, 1.82) is 0 Å². The first-order valence-electron chi connectivity index (χ1n) is 10.2. The SMILES string of the molecule is COCCN(CC(=O)O)C(=O)C(F)(F)CNC(=O)OCC1c2ccccc2-c2ccccc21. The van der Waals surface area contributed by atoms with Crippen LogP contribution in [0.25, 0.3) is 11.1 Å². The summed E-state index contributed by atoms with van der Waals surface area (Å²) in [5.41, 5.74) is 3.98. The van der Waals surface area contributed by atoms with Crippen molar-refractivity contribution in [2.45, 2.75) is 11.8 Å². The van der Waals surface area contributed by atoms with Gasteiger partial charge in [-0.3, -0.25) is 9.59 Å². The highest BCUT2D eigenvalue weighted by Gasteiger charge is 2.43. The Balaban J connectivity index is 1.59. The van der Waals surface area contributed by atoms with Crippen LogP contribution in [0.1, 0.15) is 17.0 Å². The molecule has 0 fully saturated rings. The Morgan fingerprint density at radius 1 is 1.06 bits per heavy atom. The van der Waals surface area contributed by atoms with Gasteiger partial charge in [-0.1, -0.05) is 48.5 Å². The molecule has 2 aromatic rings. The van der Waals surface area contributed by atoms with Crippen molar-refractivity contribution in [1.82, 2.24) is 10.2 Å². The zero-order valence-corrected chi connectivity index (χ0v) is 17.9. The highest BCUT2D eigenvalue weighted by atomic mass is 19.3. The normalized spacial score (nSPS) is 12.6. The molecule has 0 aromatic heterocycles. The number of nitrogens with one attached hydrogen (secondary N) is 1. The number of carbonyl (C=O) groups is 3. The highest BCUT2D eigenvalue weighted by molar-refractivity contribution is 5.87. The summed E-state index contributed by atoms with van der Waals surface area (Å²) in [5, 5.41) is 10.8. The van der Waals surface area contributed by atoms with Gasteiger partial charge in [-0.05, 0) is 22.3 Å². The van der Waals surface area contributed by atoms with Crippen molar-refractivity contribution in [3.05, 3.63) is 59.7 Å². The Morgan fingerprint density at radius 3 is 2.18 bits per heavy atom. The van der Waals surface area contributed by atoms with Crippen LogP contribution in [0.15, 0.2) is 48.5 Å². The van der Waals surface area contributed by atoms with Gasteiger partial charge in [0.25, 0.3) is 5.91 Å². The fourth-order valence-electron chi connectivity index (χ4n) is 3.76. The summed E-state index contributed by atoms with van der Waals surface area (Å²) in [5.74, 6) is -7.43. The third-order valence-electron chi connectivity index (χ3n) is 5.29. The Kier molecular flexibility index (Phi) is 7.59. The molecule has 0 unspecified atom stereocenters. The van der Waals surface area contributed by atoms with E-state index in [0.29, 0.717) is 4.90 Å². The number of amides is 2. The quantitative estimate of drug-likeness (QED) is 0.563. The molecular weight excluding hydrogens is 438 g/mol. The van der Waals surface area contributed by atoms with Crippen LogP contribution < -0.4 is 5.32 Å². The molecule has 0 radical (unpaired) electrons. The van der Waals surface area contributed by atoms with Crippen molar-refractivity contribution < 1.29 is 37.7 Å². The average Bonchev–Trinajstić information content (AvgIpc) is 3.12. The van der Waals surface area contributed by atoms with Gasteiger partial charge >= 0.3 is 18.0 Å². The maximum Gasteiger partial charge on any atom is 0.407 e. The lowest BCUT2D eigenvalue weighted by molar-refractivity contribution is -0.161. The molecule has 0 bridgehead atoms. The second-order valence-electron chi connectivity index (χ2n) is 7.50. The van der Waals surface area contributed by atoms with E-state index >= 15 is 0 Å². The minimum Gasteiger partial charge on any atom is -0.480 e. The van der Waals surface area contributed by atoms with Crippen molar-refractivity contribution in [3.63, 3.8) is 0 Å². The van der Waals surface area contributed by atoms with Crippen LogP contribution in [-0.2, 0) is 19.1 Å². The van der Waals surface area contributed by atoms with E-state index in [1.165, 1.54) is 7.11 Å². The van der Waals surface area contributed by atoms with Gasteiger partial charge in [0, 0.05) is 19.6 Å². The summed E-state index contributed by atoms with van der Waals surface area (Å²) in [7, 11) is 1.29. The molecule has 0 saturated heterocycles. The minimum atomic E-state index is -4.02. The number of methoxy groups -OCH3 is 1. The molecule has 2 N–H and O–H groups in total. The van der Waals surface area contributed by atoms with Crippen molar-refractivity contribution in [2.24, 2.45) is 0 Å². The number of rotatable bonds is 10. The molecule has 2 aromatic carbocycles. The van der Waals surface area contributed by atoms with Crippen LogP contribution >= 0.6 is 0 Å². The lowest BCUT2D eigenvalue weighted by atomic mass is 9.98. The van der Waals surface area contributed by atoms with E-state index in [1.54, 1.807) is 0 Å². The molecule has 0 spiro atoms.